The molecular weight excluding hydrogens is 650 g/mol. The Kier molecular flexibility index (Phi) is 7.63. The van der Waals surface area contributed by atoms with E-state index >= 15 is 0 Å². The number of aliphatic imine (C=N–C) groups is 1. The first-order valence-corrected chi connectivity index (χ1v) is 14.5. The molecule has 2 N–H and O–H groups in total. The van der Waals surface area contributed by atoms with Gasteiger partial charge >= 0.3 is 12.4 Å². The van der Waals surface area contributed by atoms with Gasteiger partial charge in [-0.05, 0) is 78.9 Å². The molecule has 0 amide bonds. The van der Waals surface area contributed by atoms with Crippen molar-refractivity contribution in [3.05, 3.63) is 137 Å². The molecular formula is C36H20F6N4O3. The third kappa shape index (κ3) is 6.31. The molecule has 0 spiro atoms. The molecule has 2 aromatic heterocycles. The minimum Gasteiger partial charge on any atom is -0.452 e. The summed E-state index contributed by atoms with van der Waals surface area (Å²) in [6.07, 6.45) is -7.64. The molecule has 0 saturated carbocycles. The predicted molar refractivity (Wildman–Crippen MR) is 169 cm³/mol. The average Bonchev–Trinajstić information content (AvgIpc) is 3.80. The Morgan fingerprint density at radius 1 is 0.673 bits per heavy atom. The number of H-pyrrole nitrogens is 2. The number of ether oxygens (including phenoxy) is 3. The number of aromatic amines is 2. The topological polar surface area (TPSA) is 95.4 Å². The lowest BCUT2D eigenvalue weighted by Gasteiger charge is -2.12. The highest BCUT2D eigenvalue weighted by Crippen LogP contribution is 2.38. The third-order valence-electron chi connectivity index (χ3n) is 7.50. The van der Waals surface area contributed by atoms with Crippen LogP contribution in [-0.2, 0) is 12.4 Å². The number of fused-ring (bicyclic) bond motifs is 3. The van der Waals surface area contributed by atoms with Gasteiger partial charge < -0.3 is 24.2 Å². The summed E-state index contributed by atoms with van der Waals surface area (Å²) in [5.41, 5.74) is 0.401. The number of hydrogen-bond donors (Lipinski definition) is 2. The van der Waals surface area contributed by atoms with Gasteiger partial charge in [0.15, 0.2) is 11.6 Å². The second-order valence-electron chi connectivity index (χ2n) is 10.7. The van der Waals surface area contributed by atoms with Crippen molar-refractivity contribution in [1.29, 1.82) is 5.26 Å². The van der Waals surface area contributed by atoms with Crippen LogP contribution in [0.25, 0.3) is 27.6 Å². The SMILES string of the molecule is N#CC1=C/C(=C(\Oc2cccc3[nH]c4ccccc4c23)c2ccc(Oc3ccc(C(F)(F)F)cc3)[nH]2)N=C1Oc1ccc(C(F)(F)F)cc1. The molecule has 49 heavy (non-hydrogen) atoms. The van der Waals surface area contributed by atoms with Gasteiger partial charge in [0.1, 0.15) is 34.6 Å². The first kappa shape index (κ1) is 31.2. The molecule has 0 aliphatic carbocycles. The summed E-state index contributed by atoms with van der Waals surface area (Å²) >= 11 is 0. The molecule has 0 unspecified atom stereocenters. The Morgan fingerprint density at radius 2 is 1.31 bits per heavy atom. The van der Waals surface area contributed by atoms with Crippen LogP contribution >= 0.6 is 0 Å². The smallest absolute Gasteiger partial charge is 0.416 e. The highest BCUT2D eigenvalue weighted by atomic mass is 19.4. The molecule has 3 heterocycles. The first-order chi connectivity index (χ1) is 23.5. The van der Waals surface area contributed by atoms with Crippen molar-refractivity contribution < 1.29 is 40.6 Å². The van der Waals surface area contributed by atoms with Crippen molar-refractivity contribution in [2.45, 2.75) is 12.4 Å². The number of hydrogen-bond acceptors (Lipinski definition) is 5. The van der Waals surface area contributed by atoms with Crippen molar-refractivity contribution in [2.24, 2.45) is 4.99 Å². The van der Waals surface area contributed by atoms with Crippen molar-refractivity contribution in [3.63, 3.8) is 0 Å². The molecule has 0 fully saturated rings. The van der Waals surface area contributed by atoms with Crippen molar-refractivity contribution in [3.8, 4) is 29.2 Å². The van der Waals surface area contributed by atoms with Crippen molar-refractivity contribution in [1.82, 2.24) is 9.97 Å². The maximum absolute atomic E-state index is 13.1. The fourth-order valence-electron chi connectivity index (χ4n) is 5.21. The zero-order valence-corrected chi connectivity index (χ0v) is 24.8. The number of nitrogens with one attached hydrogen (secondary N) is 2. The molecule has 0 saturated heterocycles. The van der Waals surface area contributed by atoms with E-state index < -0.39 is 23.5 Å². The highest BCUT2D eigenvalue weighted by molar-refractivity contribution is 6.10. The van der Waals surface area contributed by atoms with Gasteiger partial charge in [-0.15, -0.1) is 0 Å². The van der Waals surface area contributed by atoms with E-state index in [1.807, 2.05) is 36.4 Å². The van der Waals surface area contributed by atoms with Crippen molar-refractivity contribution >= 4 is 33.5 Å². The predicted octanol–water partition coefficient (Wildman–Crippen LogP) is 10.2. The summed E-state index contributed by atoms with van der Waals surface area (Å²) in [4.78, 5) is 10.9. The monoisotopic (exact) mass is 670 g/mol. The minimum absolute atomic E-state index is 0.0194. The molecule has 13 heteroatoms. The van der Waals surface area contributed by atoms with Crippen LogP contribution < -0.4 is 14.2 Å². The van der Waals surface area contributed by atoms with E-state index in [4.69, 9.17) is 14.2 Å². The first-order valence-electron chi connectivity index (χ1n) is 14.5. The van der Waals surface area contributed by atoms with E-state index in [0.717, 1.165) is 58.2 Å². The molecule has 0 bridgehead atoms. The summed E-state index contributed by atoms with van der Waals surface area (Å²) in [6.45, 7) is 0. The number of para-hydroxylation sites is 1. The maximum atomic E-state index is 13.1. The van der Waals surface area contributed by atoms with E-state index in [9.17, 15) is 31.6 Å². The van der Waals surface area contributed by atoms with Crippen molar-refractivity contribution in [2.75, 3.05) is 0 Å². The summed E-state index contributed by atoms with van der Waals surface area (Å²) in [6, 6.07) is 26.3. The van der Waals surface area contributed by atoms with Crippen LogP contribution in [0.15, 0.2) is 125 Å². The fraction of sp³-hybridized carbons (Fsp3) is 0.0556. The van der Waals surface area contributed by atoms with Crippen LogP contribution in [0, 0.1) is 11.3 Å². The molecule has 7 rings (SSSR count). The number of nitriles is 1. The third-order valence-corrected chi connectivity index (χ3v) is 7.50. The summed E-state index contributed by atoms with van der Waals surface area (Å²) < 4.78 is 96.4. The van der Waals surface area contributed by atoms with Crippen LogP contribution in [0.1, 0.15) is 16.8 Å². The Labute approximate surface area is 273 Å². The van der Waals surface area contributed by atoms with Crippen LogP contribution in [0.4, 0.5) is 26.3 Å². The summed E-state index contributed by atoms with van der Waals surface area (Å²) in [5.74, 6) is 0.700. The molecule has 1 aliphatic rings. The number of alkyl halides is 6. The van der Waals surface area contributed by atoms with Crippen LogP contribution in [-0.4, -0.2) is 15.9 Å². The maximum Gasteiger partial charge on any atom is 0.416 e. The quantitative estimate of drug-likeness (QED) is 0.136. The lowest BCUT2D eigenvalue weighted by atomic mass is 10.1. The van der Waals surface area contributed by atoms with Gasteiger partial charge in [0.05, 0.1) is 27.7 Å². The Balaban J connectivity index is 1.29. The molecule has 1 aliphatic heterocycles. The molecule has 6 aromatic rings. The molecule has 0 radical (unpaired) electrons. The van der Waals surface area contributed by atoms with Gasteiger partial charge in [0.2, 0.25) is 5.90 Å². The molecule has 4 aromatic carbocycles. The normalized spacial score (nSPS) is 14.4. The number of aromatic nitrogens is 2. The van der Waals surface area contributed by atoms with Gasteiger partial charge in [-0.25, -0.2) is 4.99 Å². The van der Waals surface area contributed by atoms with Crippen LogP contribution in [0.3, 0.4) is 0 Å². The largest absolute Gasteiger partial charge is 0.452 e. The van der Waals surface area contributed by atoms with Crippen LogP contribution in [0.2, 0.25) is 0 Å². The lowest BCUT2D eigenvalue weighted by molar-refractivity contribution is -0.138. The summed E-state index contributed by atoms with van der Waals surface area (Å²) in [5, 5.41) is 11.5. The van der Waals surface area contributed by atoms with Gasteiger partial charge in [-0.3, -0.25) is 0 Å². The fourth-order valence-corrected chi connectivity index (χ4v) is 5.21. The Hall–Kier alpha value is -6.42. The van der Waals surface area contributed by atoms with E-state index in [0.29, 0.717) is 11.4 Å². The number of halogens is 6. The number of allylic oxidation sites excluding steroid dienone is 1. The second-order valence-corrected chi connectivity index (χ2v) is 10.7. The summed E-state index contributed by atoms with van der Waals surface area (Å²) in [7, 11) is 0. The van der Waals surface area contributed by atoms with Gasteiger partial charge in [0, 0.05) is 17.0 Å². The molecule has 244 valence electrons. The molecule has 7 nitrogen and oxygen atoms in total. The number of nitrogens with zero attached hydrogens (tertiary/aromatic N) is 2. The zero-order valence-electron chi connectivity index (χ0n) is 24.8. The standard InChI is InChI=1S/C36H20F6N4O3/c37-35(38,39)21-8-12-23(13-9-21)47-31-17-16-28(45-31)33(49-30-7-3-6-27-32(30)25-4-1-2-5-26(25)44-27)29-18-20(19-43)34(46-29)48-24-14-10-22(11-15-24)36(40,41)42/h1-18,44-45H/b33-29+. The highest BCUT2D eigenvalue weighted by Gasteiger charge is 2.31. The van der Waals surface area contributed by atoms with Crippen LogP contribution in [0.5, 0.6) is 23.1 Å². The molecule has 0 atom stereocenters. The van der Waals surface area contributed by atoms with E-state index in [1.165, 1.54) is 24.3 Å². The van der Waals surface area contributed by atoms with Gasteiger partial charge in [-0.1, -0.05) is 24.3 Å². The Morgan fingerprint density at radius 3 is 1.96 bits per heavy atom. The number of benzene rings is 4. The van der Waals surface area contributed by atoms with E-state index in [-0.39, 0.29) is 40.3 Å². The second kappa shape index (κ2) is 12.0. The van der Waals surface area contributed by atoms with Gasteiger partial charge in [0.25, 0.3) is 0 Å². The zero-order chi connectivity index (χ0) is 34.3. The van der Waals surface area contributed by atoms with E-state index in [1.54, 1.807) is 18.2 Å². The average molecular weight is 671 g/mol. The Bertz CT molecular complexity index is 2340. The van der Waals surface area contributed by atoms with E-state index in [2.05, 4.69) is 15.0 Å². The van der Waals surface area contributed by atoms with Gasteiger partial charge in [-0.2, -0.15) is 31.6 Å². The minimum atomic E-state index is -4.54. The lowest BCUT2D eigenvalue weighted by Crippen LogP contribution is -2.09. The number of rotatable bonds is 6.